The molecule has 0 amide bonds. The molecule has 1 fully saturated rings. The fourth-order valence-corrected chi connectivity index (χ4v) is 2.10. The minimum absolute atomic E-state index is 0.792. The van der Waals surface area contributed by atoms with Crippen molar-refractivity contribution in [3.63, 3.8) is 0 Å². The summed E-state index contributed by atoms with van der Waals surface area (Å²) in [4.78, 5) is 2.24. The molecule has 0 atom stereocenters. The van der Waals surface area contributed by atoms with Crippen molar-refractivity contribution in [1.82, 2.24) is 10.2 Å². The lowest BCUT2D eigenvalue weighted by molar-refractivity contribution is 0.0999. The smallest absolute Gasteiger partial charge is 0.120 e. The summed E-state index contributed by atoms with van der Waals surface area (Å²) >= 11 is 0. The largest absolute Gasteiger partial charge is 0.463 e. The van der Waals surface area contributed by atoms with Crippen LogP contribution in [0.5, 0.6) is 0 Å². The van der Waals surface area contributed by atoms with Crippen molar-refractivity contribution in [3.05, 3.63) is 23.2 Å². The molecule has 1 saturated carbocycles. The molecule has 0 spiro atoms. The standard InChI is InChI=1S/C15H26N2O2/c1-12-8-14(19-15(12)9-16-2)10-17(3)6-7-18-11-13-4-5-13/h8,13,16H,4-7,9-11H2,1-3H3. The van der Waals surface area contributed by atoms with Gasteiger partial charge in [0.25, 0.3) is 0 Å². The van der Waals surface area contributed by atoms with Gasteiger partial charge in [0.2, 0.25) is 0 Å². The predicted octanol–water partition coefficient (Wildman–Crippen LogP) is 2.17. The highest BCUT2D eigenvalue weighted by Gasteiger charge is 2.21. The van der Waals surface area contributed by atoms with E-state index < -0.39 is 0 Å². The van der Waals surface area contributed by atoms with Crippen molar-refractivity contribution in [1.29, 1.82) is 0 Å². The maximum atomic E-state index is 5.84. The number of likely N-dealkylation sites (N-methyl/N-ethyl adjacent to an activating group) is 1. The minimum Gasteiger partial charge on any atom is -0.463 e. The molecule has 0 saturated heterocycles. The van der Waals surface area contributed by atoms with E-state index in [1.807, 2.05) is 7.05 Å². The first kappa shape index (κ1) is 14.6. The quantitative estimate of drug-likeness (QED) is 0.695. The molecule has 108 valence electrons. The van der Waals surface area contributed by atoms with Crippen molar-refractivity contribution in [3.8, 4) is 0 Å². The molecule has 2 rings (SSSR count). The molecule has 1 N–H and O–H groups in total. The zero-order valence-electron chi connectivity index (χ0n) is 12.4. The second kappa shape index (κ2) is 7.08. The van der Waals surface area contributed by atoms with Gasteiger partial charge in [-0.05, 0) is 51.4 Å². The number of ether oxygens (including phenoxy) is 1. The minimum atomic E-state index is 0.792. The molecule has 0 aliphatic heterocycles. The van der Waals surface area contributed by atoms with E-state index >= 15 is 0 Å². The fourth-order valence-electron chi connectivity index (χ4n) is 2.10. The van der Waals surface area contributed by atoms with Crippen LogP contribution in [0.25, 0.3) is 0 Å². The van der Waals surface area contributed by atoms with Gasteiger partial charge in [0.05, 0.1) is 19.7 Å². The van der Waals surface area contributed by atoms with Crippen LogP contribution < -0.4 is 5.32 Å². The van der Waals surface area contributed by atoms with E-state index in [2.05, 4.69) is 30.3 Å². The molecular formula is C15H26N2O2. The molecule has 0 unspecified atom stereocenters. The van der Waals surface area contributed by atoms with Crippen molar-refractivity contribution >= 4 is 0 Å². The first-order valence-corrected chi connectivity index (χ1v) is 7.18. The van der Waals surface area contributed by atoms with E-state index in [9.17, 15) is 0 Å². The SMILES string of the molecule is CNCc1oc(CN(C)CCOCC2CC2)cc1C. The molecule has 4 nitrogen and oxygen atoms in total. The maximum Gasteiger partial charge on any atom is 0.120 e. The summed E-state index contributed by atoms with van der Waals surface area (Å²) in [6.45, 7) is 6.44. The topological polar surface area (TPSA) is 37.6 Å². The Morgan fingerprint density at radius 2 is 2.26 bits per heavy atom. The number of hydrogen-bond donors (Lipinski definition) is 1. The molecule has 4 heteroatoms. The van der Waals surface area contributed by atoms with Gasteiger partial charge in [0, 0.05) is 13.2 Å². The molecule has 19 heavy (non-hydrogen) atoms. The van der Waals surface area contributed by atoms with E-state index in [4.69, 9.17) is 9.15 Å². The first-order valence-electron chi connectivity index (χ1n) is 7.18. The average Bonchev–Trinajstić information content (AvgIpc) is 3.12. The van der Waals surface area contributed by atoms with Crippen LogP contribution in [0.1, 0.15) is 29.9 Å². The summed E-state index contributed by atoms with van der Waals surface area (Å²) in [7, 11) is 4.04. The zero-order chi connectivity index (χ0) is 13.7. The van der Waals surface area contributed by atoms with E-state index in [0.717, 1.165) is 50.3 Å². The van der Waals surface area contributed by atoms with E-state index in [1.165, 1.54) is 18.4 Å². The highest BCUT2D eigenvalue weighted by atomic mass is 16.5. The third-order valence-electron chi connectivity index (χ3n) is 3.50. The highest BCUT2D eigenvalue weighted by Crippen LogP contribution is 2.28. The van der Waals surface area contributed by atoms with Gasteiger partial charge in [0.1, 0.15) is 11.5 Å². The van der Waals surface area contributed by atoms with Crippen LogP contribution in [-0.2, 0) is 17.8 Å². The number of rotatable bonds is 9. The molecule has 1 aromatic rings. The molecule has 1 aliphatic carbocycles. The van der Waals surface area contributed by atoms with Crippen molar-refractivity contribution in [2.45, 2.75) is 32.9 Å². The lowest BCUT2D eigenvalue weighted by Gasteiger charge is -2.15. The molecule has 1 aliphatic rings. The number of aryl methyl sites for hydroxylation is 1. The van der Waals surface area contributed by atoms with Gasteiger partial charge in [0.15, 0.2) is 0 Å². The Balaban J connectivity index is 1.68. The summed E-state index contributed by atoms with van der Waals surface area (Å²) in [6, 6.07) is 2.13. The molecule has 0 aromatic carbocycles. The van der Waals surface area contributed by atoms with Gasteiger partial charge in [-0.15, -0.1) is 0 Å². The number of furan rings is 1. The Labute approximate surface area is 116 Å². The van der Waals surface area contributed by atoms with Gasteiger partial charge in [-0.1, -0.05) is 0 Å². The van der Waals surface area contributed by atoms with Gasteiger partial charge < -0.3 is 14.5 Å². The van der Waals surface area contributed by atoms with Gasteiger partial charge >= 0.3 is 0 Å². The van der Waals surface area contributed by atoms with Crippen molar-refractivity contribution < 1.29 is 9.15 Å². The Kier molecular flexibility index (Phi) is 5.43. The summed E-state index contributed by atoms with van der Waals surface area (Å²) < 4.78 is 11.5. The monoisotopic (exact) mass is 266 g/mol. The normalized spacial score (nSPS) is 15.4. The van der Waals surface area contributed by atoms with Crippen LogP contribution in [0, 0.1) is 12.8 Å². The number of nitrogens with zero attached hydrogens (tertiary/aromatic N) is 1. The Morgan fingerprint density at radius 3 is 2.95 bits per heavy atom. The average molecular weight is 266 g/mol. The number of hydrogen-bond acceptors (Lipinski definition) is 4. The van der Waals surface area contributed by atoms with Crippen LogP contribution in [-0.4, -0.2) is 38.8 Å². The van der Waals surface area contributed by atoms with Crippen molar-refractivity contribution in [2.75, 3.05) is 33.9 Å². The van der Waals surface area contributed by atoms with Gasteiger partial charge in [-0.25, -0.2) is 0 Å². The third-order valence-corrected chi connectivity index (χ3v) is 3.50. The Hall–Kier alpha value is -0.840. The zero-order valence-corrected chi connectivity index (χ0v) is 12.4. The van der Waals surface area contributed by atoms with Crippen LogP contribution >= 0.6 is 0 Å². The molecule has 1 aromatic heterocycles. The lowest BCUT2D eigenvalue weighted by Crippen LogP contribution is -2.22. The second-order valence-electron chi connectivity index (χ2n) is 5.61. The van der Waals surface area contributed by atoms with E-state index in [0.29, 0.717) is 0 Å². The summed E-state index contributed by atoms with van der Waals surface area (Å²) in [6.07, 6.45) is 2.71. The second-order valence-corrected chi connectivity index (χ2v) is 5.61. The fraction of sp³-hybridized carbons (Fsp3) is 0.733. The molecule has 0 bridgehead atoms. The summed E-state index contributed by atoms with van der Waals surface area (Å²) in [5, 5.41) is 3.12. The third kappa shape index (κ3) is 4.97. The van der Waals surface area contributed by atoms with E-state index in [-0.39, 0.29) is 0 Å². The van der Waals surface area contributed by atoms with Crippen LogP contribution in [0.4, 0.5) is 0 Å². The predicted molar refractivity (Wildman–Crippen MR) is 76.1 cm³/mol. The first-order chi connectivity index (χ1) is 9.19. The van der Waals surface area contributed by atoms with Crippen LogP contribution in [0.15, 0.2) is 10.5 Å². The lowest BCUT2D eigenvalue weighted by atomic mass is 10.2. The summed E-state index contributed by atoms with van der Waals surface area (Å²) in [5.74, 6) is 2.92. The molecule has 0 radical (unpaired) electrons. The van der Waals surface area contributed by atoms with Crippen LogP contribution in [0.2, 0.25) is 0 Å². The summed E-state index contributed by atoms with van der Waals surface area (Å²) in [5.41, 5.74) is 1.22. The maximum absolute atomic E-state index is 5.84. The van der Waals surface area contributed by atoms with Gasteiger partial charge in [-0.2, -0.15) is 0 Å². The molecule has 1 heterocycles. The van der Waals surface area contributed by atoms with Crippen LogP contribution in [0.3, 0.4) is 0 Å². The van der Waals surface area contributed by atoms with E-state index in [1.54, 1.807) is 0 Å². The van der Waals surface area contributed by atoms with Crippen molar-refractivity contribution in [2.24, 2.45) is 5.92 Å². The molecular weight excluding hydrogens is 240 g/mol. The Morgan fingerprint density at radius 1 is 1.47 bits per heavy atom. The Bertz CT molecular complexity index is 385. The number of nitrogens with one attached hydrogen (secondary N) is 1. The highest BCUT2D eigenvalue weighted by molar-refractivity contribution is 5.19. The van der Waals surface area contributed by atoms with Gasteiger partial charge in [-0.3, -0.25) is 4.90 Å².